The topological polar surface area (TPSA) is 24.9 Å². The van der Waals surface area contributed by atoms with Crippen molar-refractivity contribution >= 4 is 33.1 Å². The van der Waals surface area contributed by atoms with Crippen LogP contribution in [0.1, 0.15) is 30.0 Å². The molecule has 0 saturated carbocycles. The predicted octanol–water partition coefficient (Wildman–Crippen LogP) is 4.91. The van der Waals surface area contributed by atoms with Gasteiger partial charge in [0.2, 0.25) is 0 Å². The predicted molar refractivity (Wildman–Crippen MR) is 87.2 cm³/mol. The van der Waals surface area contributed by atoms with Gasteiger partial charge in [0.1, 0.15) is 5.82 Å². The van der Waals surface area contributed by atoms with Crippen molar-refractivity contribution in [2.45, 2.75) is 33.1 Å². The van der Waals surface area contributed by atoms with Crippen LogP contribution < -0.4 is 5.32 Å². The molecule has 0 unspecified atom stereocenters. The molecule has 0 aromatic carbocycles. The average molecular weight is 339 g/mol. The van der Waals surface area contributed by atoms with Crippen LogP contribution >= 0.6 is 27.3 Å². The monoisotopic (exact) mass is 338 g/mol. The number of pyridine rings is 1. The number of nitrogens with one attached hydrogen (secondary N) is 1. The minimum atomic E-state index is 0.112. The van der Waals surface area contributed by atoms with Crippen molar-refractivity contribution < 1.29 is 0 Å². The number of thiophene rings is 1. The van der Waals surface area contributed by atoms with Crippen LogP contribution in [0, 0.1) is 13.8 Å². The molecular formula is C15H19BrN2S. The Morgan fingerprint density at radius 3 is 2.58 bits per heavy atom. The number of hydrogen-bond donors (Lipinski definition) is 1. The number of anilines is 1. The molecule has 0 spiro atoms. The SMILES string of the molecule is Cc1ccsc1C(C)(C)CNc1ccc(Br)c(C)n1. The normalized spacial score (nSPS) is 11.6. The molecule has 2 aromatic heterocycles. The van der Waals surface area contributed by atoms with Gasteiger partial charge in [-0.3, -0.25) is 0 Å². The molecule has 102 valence electrons. The molecule has 1 N–H and O–H groups in total. The highest BCUT2D eigenvalue weighted by Crippen LogP contribution is 2.31. The van der Waals surface area contributed by atoms with Crippen LogP contribution in [0.3, 0.4) is 0 Å². The number of halogens is 1. The molecule has 2 rings (SSSR count). The molecule has 0 bridgehead atoms. The molecule has 0 fully saturated rings. The van der Waals surface area contributed by atoms with Crippen molar-refractivity contribution in [1.82, 2.24) is 4.98 Å². The summed E-state index contributed by atoms with van der Waals surface area (Å²) in [6.45, 7) is 9.59. The lowest BCUT2D eigenvalue weighted by Crippen LogP contribution is -2.27. The summed E-state index contributed by atoms with van der Waals surface area (Å²) in [6, 6.07) is 6.23. The van der Waals surface area contributed by atoms with Gasteiger partial charge in [0.25, 0.3) is 0 Å². The maximum atomic E-state index is 4.52. The van der Waals surface area contributed by atoms with Crippen LogP contribution in [0.4, 0.5) is 5.82 Å². The molecule has 2 aromatic rings. The smallest absolute Gasteiger partial charge is 0.126 e. The van der Waals surface area contributed by atoms with E-state index in [9.17, 15) is 0 Å². The van der Waals surface area contributed by atoms with Crippen LogP contribution in [-0.2, 0) is 5.41 Å². The molecular weight excluding hydrogens is 320 g/mol. The molecule has 0 atom stereocenters. The summed E-state index contributed by atoms with van der Waals surface area (Å²) in [7, 11) is 0. The summed E-state index contributed by atoms with van der Waals surface area (Å²) in [5.41, 5.74) is 2.49. The maximum absolute atomic E-state index is 4.52. The van der Waals surface area contributed by atoms with Crippen molar-refractivity contribution in [3.05, 3.63) is 44.2 Å². The van der Waals surface area contributed by atoms with E-state index in [4.69, 9.17) is 0 Å². The van der Waals surface area contributed by atoms with Gasteiger partial charge in [-0.05, 0) is 58.9 Å². The standard InChI is InChI=1S/C15H19BrN2S/c1-10-7-8-19-14(10)15(3,4)9-17-13-6-5-12(16)11(2)18-13/h5-8H,9H2,1-4H3,(H,17,18). The molecule has 0 saturated heterocycles. The van der Waals surface area contributed by atoms with E-state index in [1.165, 1.54) is 10.4 Å². The van der Waals surface area contributed by atoms with E-state index >= 15 is 0 Å². The minimum absolute atomic E-state index is 0.112. The van der Waals surface area contributed by atoms with Crippen molar-refractivity contribution in [1.29, 1.82) is 0 Å². The van der Waals surface area contributed by atoms with Crippen LogP contribution in [0.25, 0.3) is 0 Å². The third-order valence-corrected chi connectivity index (χ3v) is 5.43. The Kier molecular flexibility index (Phi) is 4.31. The Hall–Kier alpha value is -0.870. The second-order valence-electron chi connectivity index (χ2n) is 5.43. The van der Waals surface area contributed by atoms with Crippen molar-refractivity contribution in [3.8, 4) is 0 Å². The van der Waals surface area contributed by atoms with E-state index in [1.807, 2.05) is 30.4 Å². The zero-order valence-corrected chi connectivity index (χ0v) is 14.2. The molecule has 19 heavy (non-hydrogen) atoms. The number of nitrogens with zero attached hydrogens (tertiary/aromatic N) is 1. The first-order chi connectivity index (χ1) is 8.90. The fourth-order valence-electron chi connectivity index (χ4n) is 2.10. The summed E-state index contributed by atoms with van der Waals surface area (Å²) < 4.78 is 1.05. The van der Waals surface area contributed by atoms with Crippen molar-refractivity contribution in [3.63, 3.8) is 0 Å². The summed E-state index contributed by atoms with van der Waals surface area (Å²) in [5.74, 6) is 0.933. The van der Waals surface area contributed by atoms with E-state index in [2.05, 4.69) is 58.4 Å². The van der Waals surface area contributed by atoms with E-state index in [0.29, 0.717) is 0 Å². The number of rotatable bonds is 4. The van der Waals surface area contributed by atoms with E-state index < -0.39 is 0 Å². The van der Waals surface area contributed by atoms with Crippen LogP contribution in [-0.4, -0.2) is 11.5 Å². The molecule has 0 radical (unpaired) electrons. The summed E-state index contributed by atoms with van der Waals surface area (Å²) in [4.78, 5) is 5.96. The zero-order valence-electron chi connectivity index (χ0n) is 11.7. The van der Waals surface area contributed by atoms with Gasteiger partial charge in [0.15, 0.2) is 0 Å². The second kappa shape index (κ2) is 5.63. The largest absolute Gasteiger partial charge is 0.369 e. The summed E-state index contributed by atoms with van der Waals surface area (Å²) in [6.07, 6.45) is 0. The van der Waals surface area contributed by atoms with E-state index in [0.717, 1.165) is 22.5 Å². The molecule has 0 aliphatic heterocycles. The lowest BCUT2D eigenvalue weighted by atomic mass is 9.89. The minimum Gasteiger partial charge on any atom is -0.369 e. The highest BCUT2D eigenvalue weighted by molar-refractivity contribution is 9.10. The van der Waals surface area contributed by atoms with Gasteiger partial charge < -0.3 is 5.32 Å². The molecule has 0 aliphatic rings. The van der Waals surface area contributed by atoms with Gasteiger partial charge in [-0.15, -0.1) is 11.3 Å². The Bertz CT molecular complexity index is 575. The third kappa shape index (κ3) is 3.37. The Morgan fingerprint density at radius 1 is 1.26 bits per heavy atom. The third-order valence-electron chi connectivity index (χ3n) is 3.21. The molecule has 0 aliphatic carbocycles. The fourth-order valence-corrected chi connectivity index (χ4v) is 3.37. The van der Waals surface area contributed by atoms with Gasteiger partial charge in [-0.2, -0.15) is 0 Å². The average Bonchev–Trinajstić information content (AvgIpc) is 2.78. The highest BCUT2D eigenvalue weighted by atomic mass is 79.9. The molecule has 4 heteroatoms. The Balaban J connectivity index is 2.09. The first kappa shape index (κ1) is 14.5. The number of aromatic nitrogens is 1. The quantitative estimate of drug-likeness (QED) is 0.856. The first-order valence-electron chi connectivity index (χ1n) is 6.32. The van der Waals surface area contributed by atoms with Gasteiger partial charge in [0, 0.05) is 21.3 Å². The Labute approximate surface area is 127 Å². The van der Waals surface area contributed by atoms with E-state index in [1.54, 1.807) is 0 Å². The molecule has 0 amide bonds. The fraction of sp³-hybridized carbons (Fsp3) is 0.400. The molecule has 2 nitrogen and oxygen atoms in total. The lowest BCUT2D eigenvalue weighted by Gasteiger charge is -2.25. The zero-order chi connectivity index (χ0) is 14.0. The van der Waals surface area contributed by atoms with Gasteiger partial charge in [-0.25, -0.2) is 4.98 Å². The van der Waals surface area contributed by atoms with Crippen LogP contribution in [0.2, 0.25) is 0 Å². The van der Waals surface area contributed by atoms with E-state index in [-0.39, 0.29) is 5.41 Å². The lowest BCUT2D eigenvalue weighted by molar-refractivity contribution is 0.565. The second-order valence-corrected chi connectivity index (χ2v) is 7.20. The van der Waals surface area contributed by atoms with Crippen molar-refractivity contribution in [2.24, 2.45) is 0 Å². The summed E-state index contributed by atoms with van der Waals surface area (Å²) in [5, 5.41) is 5.60. The van der Waals surface area contributed by atoms with Gasteiger partial charge >= 0.3 is 0 Å². The van der Waals surface area contributed by atoms with Crippen molar-refractivity contribution in [2.75, 3.05) is 11.9 Å². The van der Waals surface area contributed by atoms with Crippen LogP contribution in [0.5, 0.6) is 0 Å². The van der Waals surface area contributed by atoms with Gasteiger partial charge in [0.05, 0.1) is 5.69 Å². The number of aryl methyl sites for hydroxylation is 2. The van der Waals surface area contributed by atoms with Gasteiger partial charge in [-0.1, -0.05) is 13.8 Å². The number of hydrogen-bond acceptors (Lipinski definition) is 3. The Morgan fingerprint density at radius 2 is 2.00 bits per heavy atom. The first-order valence-corrected chi connectivity index (χ1v) is 7.99. The summed E-state index contributed by atoms with van der Waals surface area (Å²) >= 11 is 5.30. The van der Waals surface area contributed by atoms with Crippen LogP contribution in [0.15, 0.2) is 28.1 Å². The highest BCUT2D eigenvalue weighted by Gasteiger charge is 2.23. The molecule has 2 heterocycles. The maximum Gasteiger partial charge on any atom is 0.126 e.